The maximum atomic E-state index is 12.9. The summed E-state index contributed by atoms with van der Waals surface area (Å²) in [6, 6.07) is 17.3. The summed E-state index contributed by atoms with van der Waals surface area (Å²) in [4.78, 5) is 31.1. The van der Waals surface area contributed by atoms with E-state index in [2.05, 4.69) is 11.8 Å². The molecule has 2 aromatic carbocycles. The smallest absolute Gasteiger partial charge is 0.242 e. The minimum atomic E-state index is -0.246. The van der Waals surface area contributed by atoms with E-state index >= 15 is 0 Å². The van der Waals surface area contributed by atoms with Gasteiger partial charge in [-0.1, -0.05) is 54.3 Å². The number of amides is 2. The van der Waals surface area contributed by atoms with Gasteiger partial charge in [-0.25, -0.2) is 0 Å². The standard InChI is InChI=1S/C26H29N3O3/c1-27(2)14-6-9-19-10-12-21(13-11-19)26-22-16-28(17-25(32)29(22)23(26)18-30)24(31)15-20-7-4-3-5-8-20/h3-5,7-8,10-13,22-23,26,30H,14-18H2,1-2H3/t22-,23-,26+/m0/s1. The van der Waals surface area contributed by atoms with Gasteiger partial charge in [0.15, 0.2) is 0 Å². The molecule has 0 radical (unpaired) electrons. The Morgan fingerprint density at radius 2 is 1.84 bits per heavy atom. The number of piperazine rings is 1. The Morgan fingerprint density at radius 3 is 2.50 bits per heavy atom. The maximum Gasteiger partial charge on any atom is 0.242 e. The van der Waals surface area contributed by atoms with Crippen LogP contribution in [-0.4, -0.2) is 84.0 Å². The minimum absolute atomic E-state index is 0.0000552. The number of hydrogen-bond donors (Lipinski definition) is 1. The predicted molar refractivity (Wildman–Crippen MR) is 123 cm³/mol. The van der Waals surface area contributed by atoms with E-state index in [9.17, 15) is 14.7 Å². The van der Waals surface area contributed by atoms with Crippen LogP contribution in [0.1, 0.15) is 22.6 Å². The number of aliphatic hydroxyl groups is 1. The quantitative estimate of drug-likeness (QED) is 0.726. The third kappa shape index (κ3) is 4.55. The van der Waals surface area contributed by atoms with Crippen molar-refractivity contribution in [2.45, 2.75) is 24.4 Å². The lowest BCUT2D eigenvalue weighted by molar-refractivity contribution is -0.166. The summed E-state index contributed by atoms with van der Waals surface area (Å²) in [6.45, 7) is 1.17. The van der Waals surface area contributed by atoms with Crippen LogP contribution < -0.4 is 0 Å². The van der Waals surface area contributed by atoms with Crippen molar-refractivity contribution in [3.63, 3.8) is 0 Å². The highest BCUT2D eigenvalue weighted by molar-refractivity contribution is 5.88. The number of carbonyl (C=O) groups is 2. The van der Waals surface area contributed by atoms with Gasteiger partial charge < -0.3 is 14.9 Å². The first kappa shape index (κ1) is 22.1. The summed E-state index contributed by atoms with van der Waals surface area (Å²) >= 11 is 0. The molecule has 166 valence electrons. The van der Waals surface area contributed by atoms with Crippen molar-refractivity contribution in [1.82, 2.24) is 14.7 Å². The Labute approximate surface area is 189 Å². The molecule has 2 amide bonds. The van der Waals surface area contributed by atoms with Gasteiger partial charge in [0, 0.05) is 18.0 Å². The topological polar surface area (TPSA) is 64.1 Å². The third-order valence-electron chi connectivity index (χ3n) is 6.23. The average Bonchev–Trinajstić information content (AvgIpc) is 2.76. The van der Waals surface area contributed by atoms with Gasteiger partial charge in [0.25, 0.3) is 0 Å². The van der Waals surface area contributed by atoms with Crippen LogP contribution in [0.25, 0.3) is 0 Å². The molecule has 4 rings (SSSR count). The van der Waals surface area contributed by atoms with Gasteiger partial charge >= 0.3 is 0 Å². The van der Waals surface area contributed by atoms with Crippen LogP contribution >= 0.6 is 0 Å². The number of rotatable bonds is 5. The SMILES string of the molecule is CN(C)CC#Cc1ccc([C@H]2[C@H](CO)N3C(=O)CN(C(=O)Cc4ccccc4)C[C@@H]23)cc1. The highest BCUT2D eigenvalue weighted by Gasteiger charge is 2.54. The zero-order chi connectivity index (χ0) is 22.7. The Bertz CT molecular complexity index is 1020. The number of aliphatic hydroxyl groups excluding tert-OH is 1. The van der Waals surface area contributed by atoms with Crippen molar-refractivity contribution in [3.8, 4) is 11.8 Å². The van der Waals surface area contributed by atoms with E-state index in [1.807, 2.05) is 73.6 Å². The van der Waals surface area contributed by atoms with Gasteiger partial charge in [-0.05, 0) is 37.4 Å². The molecule has 0 bridgehead atoms. The van der Waals surface area contributed by atoms with Crippen molar-refractivity contribution in [2.75, 3.05) is 40.3 Å². The maximum absolute atomic E-state index is 12.9. The number of hydrogen-bond acceptors (Lipinski definition) is 4. The molecular weight excluding hydrogens is 402 g/mol. The molecular formula is C26H29N3O3. The van der Waals surface area contributed by atoms with Gasteiger partial charge in [-0.15, -0.1) is 0 Å². The molecule has 32 heavy (non-hydrogen) atoms. The molecule has 6 nitrogen and oxygen atoms in total. The monoisotopic (exact) mass is 431 g/mol. The first-order valence-electron chi connectivity index (χ1n) is 10.9. The van der Waals surface area contributed by atoms with Gasteiger partial charge in [0.1, 0.15) is 0 Å². The number of carbonyl (C=O) groups excluding carboxylic acids is 2. The van der Waals surface area contributed by atoms with Crippen molar-refractivity contribution in [2.24, 2.45) is 0 Å². The van der Waals surface area contributed by atoms with Gasteiger partial charge in [-0.3, -0.25) is 14.5 Å². The molecule has 0 aromatic heterocycles. The summed E-state index contributed by atoms with van der Waals surface area (Å²) in [5, 5.41) is 9.97. The molecule has 0 aliphatic carbocycles. The van der Waals surface area contributed by atoms with Crippen LogP contribution in [0.15, 0.2) is 54.6 Å². The lowest BCUT2D eigenvalue weighted by Gasteiger charge is -2.58. The molecule has 2 saturated heterocycles. The minimum Gasteiger partial charge on any atom is -0.394 e. The van der Waals surface area contributed by atoms with Crippen LogP contribution in [0.5, 0.6) is 0 Å². The molecule has 1 N–H and O–H groups in total. The van der Waals surface area contributed by atoms with E-state index in [4.69, 9.17) is 0 Å². The van der Waals surface area contributed by atoms with Crippen molar-refractivity contribution in [1.29, 1.82) is 0 Å². The van der Waals surface area contributed by atoms with Crippen LogP contribution in [0.3, 0.4) is 0 Å². The summed E-state index contributed by atoms with van der Waals surface area (Å²) in [7, 11) is 3.96. The molecule has 2 aromatic rings. The summed E-state index contributed by atoms with van der Waals surface area (Å²) < 4.78 is 0. The van der Waals surface area contributed by atoms with E-state index in [1.54, 1.807) is 9.80 Å². The highest BCUT2D eigenvalue weighted by Crippen LogP contribution is 2.42. The lowest BCUT2D eigenvalue weighted by Crippen LogP contribution is -2.73. The fraction of sp³-hybridized carbons (Fsp3) is 0.385. The zero-order valence-electron chi connectivity index (χ0n) is 18.6. The van der Waals surface area contributed by atoms with E-state index in [0.29, 0.717) is 13.1 Å². The molecule has 3 atom stereocenters. The predicted octanol–water partition coefficient (Wildman–Crippen LogP) is 1.34. The Hall–Kier alpha value is -3.14. The fourth-order valence-corrected chi connectivity index (χ4v) is 4.66. The molecule has 0 unspecified atom stereocenters. The van der Waals surface area contributed by atoms with E-state index in [1.165, 1.54) is 0 Å². The Balaban J connectivity index is 1.48. The number of fused-ring (bicyclic) bond motifs is 1. The normalized spacial score (nSPS) is 22.1. The Morgan fingerprint density at radius 1 is 1.12 bits per heavy atom. The van der Waals surface area contributed by atoms with E-state index in [0.717, 1.165) is 16.7 Å². The lowest BCUT2D eigenvalue weighted by atomic mass is 9.73. The van der Waals surface area contributed by atoms with Crippen LogP contribution in [0, 0.1) is 11.8 Å². The second kappa shape index (κ2) is 9.56. The first-order chi connectivity index (χ1) is 15.5. The molecule has 2 fully saturated rings. The van der Waals surface area contributed by atoms with E-state index in [-0.39, 0.29) is 49.4 Å². The largest absolute Gasteiger partial charge is 0.394 e. The van der Waals surface area contributed by atoms with Crippen molar-refractivity contribution in [3.05, 3.63) is 71.3 Å². The molecule has 0 saturated carbocycles. The fourth-order valence-electron chi connectivity index (χ4n) is 4.66. The summed E-state index contributed by atoms with van der Waals surface area (Å²) in [5.74, 6) is 6.15. The first-order valence-corrected chi connectivity index (χ1v) is 10.9. The molecule has 6 heteroatoms. The van der Waals surface area contributed by atoms with Crippen LogP contribution in [0.2, 0.25) is 0 Å². The molecule has 0 spiro atoms. The highest BCUT2D eigenvalue weighted by atomic mass is 16.3. The summed E-state index contributed by atoms with van der Waals surface area (Å²) in [5.41, 5.74) is 2.94. The molecule has 2 heterocycles. The number of benzene rings is 2. The van der Waals surface area contributed by atoms with Crippen LogP contribution in [-0.2, 0) is 16.0 Å². The van der Waals surface area contributed by atoms with Gasteiger partial charge in [-0.2, -0.15) is 0 Å². The Kier molecular flexibility index (Phi) is 6.59. The van der Waals surface area contributed by atoms with Gasteiger partial charge in [0.2, 0.25) is 11.8 Å². The number of nitrogens with zero attached hydrogens (tertiary/aromatic N) is 3. The third-order valence-corrected chi connectivity index (χ3v) is 6.23. The summed E-state index contributed by atoms with van der Waals surface area (Å²) in [6.07, 6.45) is 0.287. The van der Waals surface area contributed by atoms with Crippen molar-refractivity contribution < 1.29 is 14.7 Å². The average molecular weight is 432 g/mol. The second-order valence-corrected chi connectivity index (χ2v) is 8.74. The van der Waals surface area contributed by atoms with E-state index < -0.39 is 0 Å². The van der Waals surface area contributed by atoms with Gasteiger partial charge in [0.05, 0.1) is 38.2 Å². The zero-order valence-corrected chi connectivity index (χ0v) is 18.6. The second-order valence-electron chi connectivity index (χ2n) is 8.74. The molecule has 2 aliphatic heterocycles. The van der Waals surface area contributed by atoms with Crippen LogP contribution in [0.4, 0.5) is 0 Å². The van der Waals surface area contributed by atoms with Crippen molar-refractivity contribution >= 4 is 11.8 Å². The molecule has 2 aliphatic rings.